The first-order valence-corrected chi connectivity index (χ1v) is 7.85. The molecule has 0 atom stereocenters. The highest BCUT2D eigenvalue weighted by molar-refractivity contribution is 9.10. The summed E-state index contributed by atoms with van der Waals surface area (Å²) in [4.78, 5) is 13.5. The Morgan fingerprint density at radius 2 is 1.86 bits per heavy atom. The molecule has 0 spiro atoms. The summed E-state index contributed by atoms with van der Waals surface area (Å²) in [5.41, 5.74) is 2.73. The molecule has 1 amide bonds. The molecule has 2 N–H and O–H groups in total. The average Bonchev–Trinajstić information content (AvgIpc) is 2.45. The Labute approximate surface area is 138 Å². The van der Waals surface area contributed by atoms with Crippen molar-refractivity contribution in [3.63, 3.8) is 0 Å². The van der Waals surface area contributed by atoms with E-state index in [4.69, 9.17) is 0 Å². The van der Waals surface area contributed by atoms with E-state index in [1.807, 2.05) is 18.2 Å². The van der Waals surface area contributed by atoms with Crippen LogP contribution in [0.2, 0.25) is 0 Å². The van der Waals surface area contributed by atoms with Crippen molar-refractivity contribution in [3.8, 4) is 0 Å². The Morgan fingerprint density at radius 1 is 1.18 bits per heavy atom. The maximum Gasteiger partial charge on any atom is 0.252 e. The summed E-state index contributed by atoms with van der Waals surface area (Å²) >= 11 is 3.22. The van der Waals surface area contributed by atoms with Gasteiger partial charge in [0.15, 0.2) is 0 Å². The number of benzene rings is 2. The molecule has 0 saturated heterocycles. The first-order chi connectivity index (χ1) is 10.5. The molecule has 5 heteroatoms. The maximum absolute atomic E-state index is 13.1. The smallest absolute Gasteiger partial charge is 0.252 e. The van der Waals surface area contributed by atoms with Gasteiger partial charge in [0.2, 0.25) is 0 Å². The van der Waals surface area contributed by atoms with E-state index in [0.717, 1.165) is 12.1 Å². The van der Waals surface area contributed by atoms with E-state index in [9.17, 15) is 9.18 Å². The quantitative estimate of drug-likeness (QED) is 0.836. The molecule has 0 aliphatic heterocycles. The van der Waals surface area contributed by atoms with Gasteiger partial charge in [-0.25, -0.2) is 4.39 Å². The zero-order chi connectivity index (χ0) is 16.1. The Morgan fingerprint density at radius 3 is 2.50 bits per heavy atom. The highest BCUT2D eigenvalue weighted by Crippen LogP contribution is 2.18. The van der Waals surface area contributed by atoms with Gasteiger partial charge in [-0.15, -0.1) is 0 Å². The predicted octanol–water partition coefficient (Wildman–Crippen LogP) is 2.16. The molecule has 2 aromatic carbocycles. The normalized spacial score (nSPS) is 10.8. The molecule has 0 heterocycles. The maximum atomic E-state index is 13.1. The van der Waals surface area contributed by atoms with Crippen LogP contribution in [0.3, 0.4) is 0 Å². The lowest BCUT2D eigenvalue weighted by molar-refractivity contribution is -0.872. The second-order valence-corrected chi connectivity index (χ2v) is 6.31. The Bertz CT molecular complexity index is 673. The van der Waals surface area contributed by atoms with Crippen molar-refractivity contribution in [2.75, 3.05) is 14.1 Å². The van der Waals surface area contributed by atoms with Crippen LogP contribution in [0.1, 0.15) is 21.5 Å². The van der Waals surface area contributed by atoms with Gasteiger partial charge in [-0.3, -0.25) is 4.79 Å². The zero-order valence-corrected chi connectivity index (χ0v) is 14.2. The molecular weight excluding hydrogens is 347 g/mol. The van der Waals surface area contributed by atoms with Gasteiger partial charge in [0.1, 0.15) is 12.4 Å². The fraction of sp³-hybridized carbons (Fsp3) is 0.235. The minimum absolute atomic E-state index is 0.223. The summed E-state index contributed by atoms with van der Waals surface area (Å²) in [6, 6.07) is 12.1. The molecule has 0 saturated carbocycles. The summed E-state index contributed by atoms with van der Waals surface area (Å²) in [5.74, 6) is -0.596. The number of carbonyl (C=O) groups is 1. The van der Waals surface area contributed by atoms with Gasteiger partial charge in [-0.05, 0) is 39.7 Å². The molecule has 0 aromatic heterocycles. The van der Waals surface area contributed by atoms with Crippen LogP contribution in [-0.4, -0.2) is 20.0 Å². The summed E-state index contributed by atoms with van der Waals surface area (Å²) in [6.45, 7) is 1.35. The highest BCUT2D eigenvalue weighted by Gasteiger charge is 2.12. The summed E-state index contributed by atoms with van der Waals surface area (Å²) in [7, 11) is 4.18. The van der Waals surface area contributed by atoms with E-state index in [1.165, 1.54) is 28.7 Å². The summed E-state index contributed by atoms with van der Waals surface area (Å²) in [6.07, 6.45) is 0. The highest BCUT2D eigenvalue weighted by atomic mass is 79.9. The third-order valence-corrected chi connectivity index (χ3v) is 3.93. The molecule has 0 aliphatic rings. The minimum atomic E-state index is -0.372. The first-order valence-electron chi connectivity index (χ1n) is 7.06. The van der Waals surface area contributed by atoms with E-state index in [2.05, 4.69) is 41.4 Å². The van der Waals surface area contributed by atoms with Crippen molar-refractivity contribution < 1.29 is 14.1 Å². The molecule has 2 aromatic rings. The second-order valence-electron chi connectivity index (χ2n) is 5.46. The van der Waals surface area contributed by atoms with E-state index in [0.29, 0.717) is 16.6 Å². The zero-order valence-electron chi connectivity index (χ0n) is 12.6. The van der Waals surface area contributed by atoms with Gasteiger partial charge in [-0.1, -0.05) is 24.3 Å². The van der Waals surface area contributed by atoms with Gasteiger partial charge < -0.3 is 10.2 Å². The molecule has 0 unspecified atom stereocenters. The van der Waals surface area contributed by atoms with Gasteiger partial charge in [-0.2, -0.15) is 0 Å². The molecular formula is C17H19BrFN2O+. The van der Waals surface area contributed by atoms with Crippen LogP contribution in [0, 0.1) is 5.82 Å². The second kappa shape index (κ2) is 7.51. The molecule has 0 radical (unpaired) electrons. The fourth-order valence-corrected chi connectivity index (χ4v) is 2.76. The standard InChI is InChI=1S/C17H18BrFN2O/c1-21(2)11-13-6-4-3-5-12(13)10-20-17(22)15-8-7-14(19)9-16(15)18/h3-9H,10-11H2,1-2H3,(H,20,22)/p+1. The monoisotopic (exact) mass is 365 g/mol. The number of halogens is 2. The molecule has 22 heavy (non-hydrogen) atoms. The molecule has 3 nitrogen and oxygen atoms in total. The van der Waals surface area contributed by atoms with Crippen LogP contribution < -0.4 is 10.2 Å². The third kappa shape index (κ3) is 4.39. The van der Waals surface area contributed by atoms with E-state index in [-0.39, 0.29) is 11.7 Å². The van der Waals surface area contributed by atoms with Gasteiger partial charge in [0, 0.05) is 16.6 Å². The topological polar surface area (TPSA) is 33.5 Å². The lowest BCUT2D eigenvalue weighted by Crippen LogP contribution is -3.04. The summed E-state index contributed by atoms with van der Waals surface area (Å²) < 4.78 is 13.5. The van der Waals surface area contributed by atoms with Crippen molar-refractivity contribution >= 4 is 21.8 Å². The Hall–Kier alpha value is -1.72. The number of hydrogen-bond donors (Lipinski definition) is 2. The predicted molar refractivity (Wildman–Crippen MR) is 88.2 cm³/mol. The number of nitrogens with one attached hydrogen (secondary N) is 2. The molecule has 0 aliphatic carbocycles. The summed E-state index contributed by atoms with van der Waals surface area (Å²) in [5, 5.41) is 2.89. The number of quaternary nitrogens is 1. The third-order valence-electron chi connectivity index (χ3n) is 3.28. The molecule has 2 rings (SSSR count). The SMILES string of the molecule is C[NH+](C)Cc1ccccc1CNC(=O)c1ccc(F)cc1Br. The van der Waals surface area contributed by atoms with Crippen molar-refractivity contribution in [1.82, 2.24) is 5.32 Å². The number of hydrogen-bond acceptors (Lipinski definition) is 1. The minimum Gasteiger partial charge on any atom is -0.348 e. The molecule has 0 bridgehead atoms. The van der Waals surface area contributed by atoms with Crippen LogP contribution in [-0.2, 0) is 13.1 Å². The van der Waals surface area contributed by atoms with Crippen LogP contribution in [0.25, 0.3) is 0 Å². The van der Waals surface area contributed by atoms with Gasteiger partial charge in [0.05, 0.1) is 19.7 Å². The Kier molecular flexibility index (Phi) is 5.69. The van der Waals surface area contributed by atoms with Crippen molar-refractivity contribution in [3.05, 3.63) is 69.4 Å². The van der Waals surface area contributed by atoms with Crippen molar-refractivity contribution in [1.29, 1.82) is 0 Å². The Balaban J connectivity index is 2.08. The van der Waals surface area contributed by atoms with Crippen LogP contribution >= 0.6 is 15.9 Å². The molecule has 0 fully saturated rings. The lowest BCUT2D eigenvalue weighted by atomic mass is 10.1. The first kappa shape index (κ1) is 16.6. The van der Waals surface area contributed by atoms with E-state index in [1.54, 1.807) is 0 Å². The number of amides is 1. The van der Waals surface area contributed by atoms with Crippen LogP contribution in [0.15, 0.2) is 46.9 Å². The van der Waals surface area contributed by atoms with Crippen LogP contribution in [0.4, 0.5) is 4.39 Å². The van der Waals surface area contributed by atoms with Crippen LogP contribution in [0.5, 0.6) is 0 Å². The molecule has 116 valence electrons. The van der Waals surface area contributed by atoms with E-state index < -0.39 is 0 Å². The largest absolute Gasteiger partial charge is 0.348 e. The lowest BCUT2D eigenvalue weighted by Gasteiger charge is -2.13. The van der Waals surface area contributed by atoms with Gasteiger partial charge in [0.25, 0.3) is 5.91 Å². The number of carbonyl (C=O) groups excluding carboxylic acids is 1. The van der Waals surface area contributed by atoms with Crippen molar-refractivity contribution in [2.45, 2.75) is 13.1 Å². The average molecular weight is 366 g/mol. The van der Waals surface area contributed by atoms with Gasteiger partial charge >= 0.3 is 0 Å². The fourth-order valence-electron chi connectivity index (χ4n) is 2.23. The number of rotatable bonds is 5. The van der Waals surface area contributed by atoms with Crippen molar-refractivity contribution in [2.24, 2.45) is 0 Å². The van der Waals surface area contributed by atoms with E-state index >= 15 is 0 Å².